The van der Waals surface area contributed by atoms with E-state index in [2.05, 4.69) is 16.0 Å². The number of fused-ring (bicyclic) bond motifs is 1. The Morgan fingerprint density at radius 1 is 0.673 bits per heavy atom. The van der Waals surface area contributed by atoms with Gasteiger partial charge in [0.15, 0.2) is 0 Å². The highest BCUT2D eigenvalue weighted by Crippen LogP contribution is 2.37. The second-order valence-electron chi connectivity index (χ2n) is 11.1. The SMILES string of the molecule is COc1ccc(NC(=O)C(Sc2cccc(NC(=O)/C(=C\c3cccc4ccccc34)NC(=O)c3ccccc3)c2)c2ccccc2)cc1. The van der Waals surface area contributed by atoms with Crippen LogP contribution in [-0.4, -0.2) is 24.8 Å². The third kappa shape index (κ3) is 8.43. The highest BCUT2D eigenvalue weighted by molar-refractivity contribution is 8.00. The number of thioether (sulfide) groups is 1. The number of rotatable bonds is 11. The van der Waals surface area contributed by atoms with Crippen molar-refractivity contribution in [3.8, 4) is 5.75 Å². The molecule has 0 saturated heterocycles. The maximum atomic E-state index is 13.9. The van der Waals surface area contributed by atoms with Crippen molar-refractivity contribution in [1.29, 1.82) is 0 Å². The lowest BCUT2D eigenvalue weighted by molar-refractivity contribution is -0.116. The Balaban J connectivity index is 1.26. The standard InChI is InChI=1S/C41H33N3O4S/c1-48-34-24-22-32(23-25-34)42-41(47)38(29-13-4-2-5-14-29)49-35-20-11-19-33(27-35)43-40(46)37(44-39(45)30-15-6-3-7-16-30)26-31-18-10-17-28-12-8-9-21-36(28)31/h2-27,38H,1H3,(H,42,47)(H,43,46)(H,44,45)/b37-26+. The van der Waals surface area contributed by atoms with Crippen molar-refractivity contribution in [2.75, 3.05) is 17.7 Å². The number of hydrogen-bond donors (Lipinski definition) is 3. The second kappa shape index (κ2) is 15.6. The quantitative estimate of drug-likeness (QED) is 0.0952. The lowest BCUT2D eigenvalue weighted by Gasteiger charge is -2.18. The number of amides is 3. The van der Waals surface area contributed by atoms with Gasteiger partial charge in [-0.2, -0.15) is 0 Å². The summed E-state index contributed by atoms with van der Waals surface area (Å²) in [5.74, 6) is -0.392. The van der Waals surface area contributed by atoms with Crippen LogP contribution in [0.2, 0.25) is 0 Å². The van der Waals surface area contributed by atoms with Crippen LogP contribution in [0.25, 0.3) is 16.8 Å². The molecule has 6 rings (SSSR count). The summed E-state index contributed by atoms with van der Waals surface area (Å²) in [6.07, 6.45) is 1.69. The Morgan fingerprint density at radius 3 is 2.10 bits per heavy atom. The van der Waals surface area contributed by atoms with Gasteiger partial charge >= 0.3 is 0 Å². The molecule has 0 aromatic heterocycles. The zero-order valence-corrected chi connectivity index (χ0v) is 27.4. The van der Waals surface area contributed by atoms with Gasteiger partial charge in [-0.25, -0.2) is 0 Å². The molecular formula is C41H33N3O4S. The number of carbonyl (C=O) groups excluding carboxylic acids is 3. The Bertz CT molecular complexity index is 2110. The third-order valence-corrected chi connectivity index (χ3v) is 8.94. The van der Waals surface area contributed by atoms with E-state index in [-0.39, 0.29) is 11.6 Å². The van der Waals surface area contributed by atoms with Gasteiger partial charge in [0.25, 0.3) is 11.8 Å². The van der Waals surface area contributed by atoms with E-state index in [9.17, 15) is 14.4 Å². The molecule has 0 saturated carbocycles. The van der Waals surface area contributed by atoms with Crippen molar-refractivity contribution < 1.29 is 19.1 Å². The summed E-state index contributed by atoms with van der Waals surface area (Å²) in [5.41, 5.74) is 3.29. The molecule has 0 aliphatic heterocycles. The van der Waals surface area contributed by atoms with Gasteiger partial charge < -0.3 is 20.7 Å². The molecular weight excluding hydrogens is 631 g/mol. The number of ether oxygens (including phenoxy) is 1. The average Bonchev–Trinajstić information content (AvgIpc) is 3.14. The molecule has 3 N–H and O–H groups in total. The number of carbonyl (C=O) groups is 3. The summed E-state index contributed by atoms with van der Waals surface area (Å²) in [6, 6.07) is 46.4. The maximum absolute atomic E-state index is 13.9. The third-order valence-electron chi connectivity index (χ3n) is 7.70. The molecule has 6 aromatic carbocycles. The van der Waals surface area contributed by atoms with Gasteiger partial charge in [0.05, 0.1) is 7.11 Å². The number of methoxy groups -OCH3 is 1. The molecule has 0 radical (unpaired) electrons. The van der Waals surface area contributed by atoms with Gasteiger partial charge in [-0.3, -0.25) is 14.4 Å². The molecule has 3 amide bonds. The van der Waals surface area contributed by atoms with E-state index >= 15 is 0 Å². The Morgan fingerprint density at radius 2 is 1.35 bits per heavy atom. The topological polar surface area (TPSA) is 96.5 Å². The van der Waals surface area contributed by atoms with Crippen LogP contribution in [0.15, 0.2) is 162 Å². The van der Waals surface area contributed by atoms with Crippen molar-refractivity contribution >= 4 is 57.7 Å². The van der Waals surface area contributed by atoms with Gasteiger partial charge in [0.2, 0.25) is 5.91 Å². The van der Waals surface area contributed by atoms with Gasteiger partial charge in [-0.15, -0.1) is 11.8 Å². The molecule has 0 heterocycles. The molecule has 1 unspecified atom stereocenters. The van der Waals surface area contributed by atoms with Crippen LogP contribution in [0.5, 0.6) is 5.75 Å². The monoisotopic (exact) mass is 663 g/mol. The van der Waals surface area contributed by atoms with E-state index < -0.39 is 17.1 Å². The summed E-state index contributed by atoms with van der Waals surface area (Å²) in [5, 5.41) is 10.2. The fraction of sp³-hybridized carbons (Fsp3) is 0.0488. The fourth-order valence-corrected chi connectivity index (χ4v) is 6.32. The van der Waals surface area contributed by atoms with Crippen LogP contribution in [0.4, 0.5) is 11.4 Å². The highest BCUT2D eigenvalue weighted by Gasteiger charge is 2.23. The summed E-state index contributed by atoms with van der Waals surface area (Å²) >= 11 is 1.37. The molecule has 0 aliphatic carbocycles. The van der Waals surface area contributed by atoms with Gasteiger partial charge in [0, 0.05) is 21.8 Å². The lowest BCUT2D eigenvalue weighted by Crippen LogP contribution is -2.30. The minimum absolute atomic E-state index is 0.0873. The largest absolute Gasteiger partial charge is 0.497 e. The molecule has 0 bridgehead atoms. The fourth-order valence-electron chi connectivity index (χ4n) is 5.24. The van der Waals surface area contributed by atoms with Crippen LogP contribution in [-0.2, 0) is 9.59 Å². The molecule has 7 nitrogen and oxygen atoms in total. The predicted octanol–water partition coefficient (Wildman–Crippen LogP) is 8.73. The predicted molar refractivity (Wildman–Crippen MR) is 198 cm³/mol. The van der Waals surface area contributed by atoms with E-state index in [0.29, 0.717) is 22.7 Å². The van der Waals surface area contributed by atoms with E-state index in [0.717, 1.165) is 26.8 Å². The number of benzene rings is 6. The van der Waals surface area contributed by atoms with E-state index in [1.807, 2.05) is 97.1 Å². The Hall–Kier alpha value is -6.12. The van der Waals surface area contributed by atoms with Crippen molar-refractivity contribution in [2.45, 2.75) is 10.1 Å². The van der Waals surface area contributed by atoms with Crippen molar-refractivity contribution in [3.63, 3.8) is 0 Å². The molecule has 242 valence electrons. The van der Waals surface area contributed by atoms with Crippen molar-refractivity contribution in [1.82, 2.24) is 5.32 Å². The van der Waals surface area contributed by atoms with E-state index in [4.69, 9.17) is 4.74 Å². The minimum Gasteiger partial charge on any atom is -0.497 e. The zero-order valence-electron chi connectivity index (χ0n) is 26.6. The molecule has 0 fully saturated rings. The summed E-state index contributed by atoms with van der Waals surface area (Å²) in [4.78, 5) is 41.5. The average molecular weight is 664 g/mol. The smallest absolute Gasteiger partial charge is 0.272 e. The Labute approximate surface area is 289 Å². The van der Waals surface area contributed by atoms with Gasteiger partial charge in [-0.1, -0.05) is 97.1 Å². The van der Waals surface area contributed by atoms with E-state index in [1.54, 1.807) is 67.8 Å². The van der Waals surface area contributed by atoms with Crippen molar-refractivity contribution in [3.05, 3.63) is 174 Å². The first-order chi connectivity index (χ1) is 24.0. The molecule has 1 atom stereocenters. The van der Waals surface area contributed by atoms with Crippen LogP contribution >= 0.6 is 11.8 Å². The first-order valence-electron chi connectivity index (χ1n) is 15.6. The summed E-state index contributed by atoms with van der Waals surface area (Å²) in [7, 11) is 1.59. The van der Waals surface area contributed by atoms with Crippen LogP contribution < -0.4 is 20.7 Å². The molecule has 8 heteroatoms. The van der Waals surface area contributed by atoms with Gasteiger partial charge in [0.1, 0.15) is 16.7 Å². The molecule has 49 heavy (non-hydrogen) atoms. The number of nitrogens with one attached hydrogen (secondary N) is 3. The van der Waals surface area contributed by atoms with Crippen molar-refractivity contribution in [2.24, 2.45) is 0 Å². The van der Waals surface area contributed by atoms with Crippen LogP contribution in [0, 0.1) is 0 Å². The minimum atomic E-state index is -0.582. The number of anilines is 2. The molecule has 0 aliphatic rings. The first-order valence-corrected chi connectivity index (χ1v) is 16.5. The number of hydrogen-bond acceptors (Lipinski definition) is 5. The summed E-state index contributed by atoms with van der Waals surface area (Å²) in [6.45, 7) is 0. The van der Waals surface area contributed by atoms with E-state index in [1.165, 1.54) is 11.8 Å². The summed E-state index contributed by atoms with van der Waals surface area (Å²) < 4.78 is 5.24. The maximum Gasteiger partial charge on any atom is 0.272 e. The normalized spacial score (nSPS) is 11.7. The highest BCUT2D eigenvalue weighted by atomic mass is 32.2. The van der Waals surface area contributed by atoms with Gasteiger partial charge in [-0.05, 0) is 82.6 Å². The van der Waals surface area contributed by atoms with Crippen LogP contribution in [0.1, 0.15) is 26.7 Å². The first kappa shape index (κ1) is 32.8. The Kier molecular flexibility index (Phi) is 10.5. The molecule has 6 aromatic rings. The zero-order chi connectivity index (χ0) is 34.0. The lowest BCUT2D eigenvalue weighted by atomic mass is 10.0. The second-order valence-corrected chi connectivity index (χ2v) is 12.2. The van der Waals surface area contributed by atoms with Crippen LogP contribution in [0.3, 0.4) is 0 Å². The molecule has 0 spiro atoms.